The van der Waals surface area contributed by atoms with Crippen LogP contribution in [0.15, 0.2) is 48.7 Å². The Labute approximate surface area is 226 Å². The number of hydrogen-bond acceptors (Lipinski definition) is 6. The van der Waals surface area contributed by atoms with Crippen molar-refractivity contribution in [3.63, 3.8) is 0 Å². The van der Waals surface area contributed by atoms with E-state index in [2.05, 4.69) is 27.1 Å². The second-order valence-electron chi connectivity index (χ2n) is 9.89. The molecule has 1 fully saturated rings. The van der Waals surface area contributed by atoms with Crippen molar-refractivity contribution >= 4 is 29.1 Å². The molecule has 1 aliphatic carbocycles. The summed E-state index contributed by atoms with van der Waals surface area (Å²) in [7, 11) is 1.63. The number of rotatable bonds is 7. The molecule has 2 aromatic heterocycles. The number of ether oxygens (including phenoxy) is 1. The van der Waals surface area contributed by atoms with E-state index in [0.717, 1.165) is 60.6 Å². The Kier molecular flexibility index (Phi) is 6.66. The lowest BCUT2D eigenvalue weighted by Crippen LogP contribution is -2.30. The number of halogens is 2. The van der Waals surface area contributed by atoms with Crippen LogP contribution in [0.25, 0.3) is 11.4 Å². The number of benzene rings is 2. The second-order valence-corrected chi connectivity index (χ2v) is 10.3. The van der Waals surface area contributed by atoms with E-state index in [9.17, 15) is 4.39 Å². The summed E-state index contributed by atoms with van der Waals surface area (Å²) in [4.78, 5) is 19.9. The molecule has 2 atom stereocenters. The fourth-order valence-electron chi connectivity index (χ4n) is 5.83. The second kappa shape index (κ2) is 10.3. The number of fused-ring (bicyclic) bond motifs is 1. The number of methoxy groups -OCH3 is 1. The van der Waals surface area contributed by atoms with E-state index in [1.54, 1.807) is 13.3 Å². The summed E-state index contributed by atoms with van der Waals surface area (Å²) >= 11 is 6.01. The van der Waals surface area contributed by atoms with Crippen molar-refractivity contribution in [2.45, 2.75) is 51.0 Å². The summed E-state index contributed by atoms with van der Waals surface area (Å²) in [5.41, 5.74) is 4.93. The number of nitrogens with zero attached hydrogens (tertiary/aromatic N) is 4. The van der Waals surface area contributed by atoms with Gasteiger partial charge in [-0.25, -0.2) is 14.4 Å². The average molecular weight is 533 g/mol. The van der Waals surface area contributed by atoms with Crippen LogP contribution in [0, 0.1) is 5.82 Å². The van der Waals surface area contributed by atoms with Crippen molar-refractivity contribution in [1.29, 1.82) is 0 Å². The molecule has 1 aliphatic heterocycles. The molecule has 2 unspecified atom stereocenters. The average Bonchev–Trinajstić information content (AvgIpc) is 3.68. The molecule has 0 bridgehead atoms. The number of nitrogens with one attached hydrogen (secondary N) is 2. The first kappa shape index (κ1) is 24.7. The van der Waals surface area contributed by atoms with Gasteiger partial charge in [0.15, 0.2) is 0 Å². The first-order valence-corrected chi connectivity index (χ1v) is 13.5. The fraction of sp³-hybridized carbons (Fsp3) is 0.345. The Bertz CT molecular complexity index is 1460. The highest BCUT2D eigenvalue weighted by atomic mass is 35.5. The molecule has 0 spiro atoms. The van der Waals surface area contributed by atoms with Gasteiger partial charge in [0.05, 0.1) is 18.4 Å². The van der Waals surface area contributed by atoms with Gasteiger partial charge in [0.2, 0.25) is 5.95 Å². The Balaban J connectivity index is 1.39. The van der Waals surface area contributed by atoms with Crippen molar-refractivity contribution in [2.75, 3.05) is 23.9 Å². The van der Waals surface area contributed by atoms with Crippen LogP contribution in [-0.2, 0) is 6.42 Å². The summed E-state index contributed by atoms with van der Waals surface area (Å²) in [6.45, 7) is 3.24. The highest BCUT2D eigenvalue weighted by Gasteiger charge is 2.34. The molecule has 1 saturated heterocycles. The van der Waals surface area contributed by atoms with Crippen LogP contribution >= 0.6 is 11.6 Å². The van der Waals surface area contributed by atoms with Crippen LogP contribution in [0.1, 0.15) is 55.3 Å². The zero-order valence-electron chi connectivity index (χ0n) is 21.5. The third-order valence-electron chi connectivity index (χ3n) is 7.68. The van der Waals surface area contributed by atoms with Crippen molar-refractivity contribution in [3.8, 4) is 17.1 Å². The molecule has 2 aliphatic rings. The van der Waals surface area contributed by atoms with Gasteiger partial charge in [0, 0.05) is 42.0 Å². The van der Waals surface area contributed by atoms with Gasteiger partial charge in [0.25, 0.3) is 0 Å². The summed E-state index contributed by atoms with van der Waals surface area (Å²) in [6.07, 6.45) is 6.91. The summed E-state index contributed by atoms with van der Waals surface area (Å²) in [5.74, 6) is 2.74. The molecule has 0 amide bonds. The van der Waals surface area contributed by atoms with Crippen molar-refractivity contribution in [3.05, 3.63) is 76.5 Å². The monoisotopic (exact) mass is 532 g/mol. The minimum atomic E-state index is -0.227. The lowest BCUT2D eigenvalue weighted by Gasteiger charge is -2.27. The first-order chi connectivity index (χ1) is 18.5. The number of H-pyrrole nitrogens is 1. The lowest BCUT2D eigenvalue weighted by atomic mass is 9.96. The maximum atomic E-state index is 13.7. The van der Waals surface area contributed by atoms with Crippen molar-refractivity contribution in [1.82, 2.24) is 19.9 Å². The van der Waals surface area contributed by atoms with E-state index in [-0.39, 0.29) is 11.7 Å². The minimum absolute atomic E-state index is 0.108. The molecule has 196 valence electrons. The predicted octanol–water partition coefficient (Wildman–Crippen LogP) is 6.87. The van der Waals surface area contributed by atoms with Crippen LogP contribution in [-0.4, -0.2) is 39.6 Å². The van der Waals surface area contributed by atoms with Crippen molar-refractivity contribution < 1.29 is 9.13 Å². The van der Waals surface area contributed by atoms with E-state index < -0.39 is 0 Å². The number of hydrogen-bond donors (Lipinski definition) is 2. The Morgan fingerprint density at radius 1 is 1.13 bits per heavy atom. The topological polar surface area (TPSA) is 79.0 Å². The number of aromatic nitrogens is 4. The van der Waals surface area contributed by atoms with Crippen LogP contribution in [0.2, 0.25) is 5.15 Å². The highest BCUT2D eigenvalue weighted by molar-refractivity contribution is 6.29. The van der Waals surface area contributed by atoms with E-state index in [1.807, 2.05) is 30.3 Å². The lowest BCUT2D eigenvalue weighted by molar-refractivity contribution is 0.416. The summed E-state index contributed by atoms with van der Waals surface area (Å²) in [5, 5.41) is 3.82. The SMILES string of the molecule is CCC1CCCN1c1nc(Nc2ccc(-c3nc(Cl)c[nH]3)c(OC)c2)nc2c1CCC2c1ccc(F)cc1. The number of aromatic amines is 1. The molecule has 38 heavy (non-hydrogen) atoms. The van der Waals surface area contributed by atoms with Gasteiger partial charge in [-0.1, -0.05) is 30.7 Å². The zero-order valence-corrected chi connectivity index (χ0v) is 22.2. The molecular formula is C29H30ClFN6O. The number of imidazole rings is 1. The molecule has 2 aromatic carbocycles. The maximum Gasteiger partial charge on any atom is 0.229 e. The van der Waals surface area contributed by atoms with Gasteiger partial charge in [0.1, 0.15) is 28.4 Å². The Morgan fingerprint density at radius 3 is 2.71 bits per heavy atom. The smallest absolute Gasteiger partial charge is 0.229 e. The highest BCUT2D eigenvalue weighted by Crippen LogP contribution is 2.43. The van der Waals surface area contributed by atoms with Crippen LogP contribution in [0.5, 0.6) is 5.75 Å². The fourth-order valence-corrected chi connectivity index (χ4v) is 5.96. The Hall–Kier alpha value is -3.65. The van der Waals surface area contributed by atoms with Gasteiger partial charge in [-0.15, -0.1) is 0 Å². The van der Waals surface area contributed by atoms with E-state index in [1.165, 1.54) is 24.1 Å². The van der Waals surface area contributed by atoms with Crippen LogP contribution in [0.4, 0.5) is 21.8 Å². The normalized spacial score (nSPS) is 18.6. The van der Waals surface area contributed by atoms with Gasteiger partial charge < -0.3 is 19.9 Å². The molecule has 4 aromatic rings. The molecule has 2 N–H and O–H groups in total. The van der Waals surface area contributed by atoms with Gasteiger partial charge in [-0.05, 0) is 61.9 Å². The standard InChI is InChI=1S/C29H30ClFN6O/c1-3-20-5-4-14-37(20)28-23-13-12-21(17-6-8-18(31)9-7-17)26(23)35-29(36-28)33-19-10-11-22(24(15-19)38-2)27-32-16-25(30)34-27/h6-11,15-16,20-21H,3-5,12-14H2,1-2H3,(H,32,34)(H,33,35,36). The Morgan fingerprint density at radius 2 is 1.97 bits per heavy atom. The van der Waals surface area contributed by atoms with Crippen LogP contribution in [0.3, 0.4) is 0 Å². The summed E-state index contributed by atoms with van der Waals surface area (Å²) < 4.78 is 19.3. The van der Waals surface area contributed by atoms with E-state index in [0.29, 0.717) is 28.7 Å². The maximum absolute atomic E-state index is 13.7. The molecule has 0 saturated carbocycles. The quantitative estimate of drug-likeness (QED) is 0.270. The third-order valence-corrected chi connectivity index (χ3v) is 7.88. The van der Waals surface area contributed by atoms with E-state index in [4.69, 9.17) is 26.3 Å². The van der Waals surface area contributed by atoms with E-state index >= 15 is 0 Å². The largest absolute Gasteiger partial charge is 0.496 e. The number of anilines is 3. The first-order valence-electron chi connectivity index (χ1n) is 13.1. The molecule has 7 nitrogen and oxygen atoms in total. The molecule has 3 heterocycles. The third kappa shape index (κ3) is 4.58. The van der Waals surface area contributed by atoms with Gasteiger partial charge in [-0.3, -0.25) is 0 Å². The molecule has 6 rings (SSSR count). The minimum Gasteiger partial charge on any atom is -0.496 e. The molecular weight excluding hydrogens is 503 g/mol. The summed E-state index contributed by atoms with van der Waals surface area (Å²) in [6, 6.07) is 13.1. The molecule has 0 radical (unpaired) electrons. The van der Waals surface area contributed by atoms with Gasteiger partial charge >= 0.3 is 0 Å². The zero-order chi connectivity index (χ0) is 26.2. The van der Waals surface area contributed by atoms with Gasteiger partial charge in [-0.2, -0.15) is 4.98 Å². The predicted molar refractivity (Wildman–Crippen MR) is 148 cm³/mol. The van der Waals surface area contributed by atoms with Crippen LogP contribution < -0.4 is 15.0 Å². The molecule has 9 heteroatoms. The van der Waals surface area contributed by atoms with Crippen molar-refractivity contribution in [2.24, 2.45) is 0 Å².